The first-order valence-electron chi connectivity index (χ1n) is 6.72. The molecule has 6 nitrogen and oxygen atoms in total. The number of hydrogen-bond donors (Lipinski definition) is 0. The van der Waals surface area contributed by atoms with Gasteiger partial charge in [0.15, 0.2) is 23.7 Å². The Hall–Kier alpha value is -3.20. The largest absolute Gasteiger partial charge is 0.492 e. The number of pyridine rings is 1. The van der Waals surface area contributed by atoms with Crippen molar-refractivity contribution in [1.29, 1.82) is 0 Å². The average molecular weight is 310 g/mol. The molecule has 1 aromatic carbocycles. The first kappa shape index (κ1) is 14.7. The number of benzene rings is 1. The van der Waals surface area contributed by atoms with E-state index in [9.17, 15) is 0 Å². The second kappa shape index (κ2) is 5.89. The lowest BCUT2D eigenvalue weighted by atomic mass is 9.99. The maximum atomic E-state index is 5.73. The van der Waals surface area contributed by atoms with Gasteiger partial charge >= 0.3 is 0 Å². The Bertz CT molecular complexity index is 895. The summed E-state index contributed by atoms with van der Waals surface area (Å²) in [5.41, 5.74) is 1.08. The van der Waals surface area contributed by atoms with Crippen molar-refractivity contribution in [3.63, 3.8) is 0 Å². The van der Waals surface area contributed by atoms with Gasteiger partial charge in [-0.2, -0.15) is 0 Å². The summed E-state index contributed by atoms with van der Waals surface area (Å²) >= 11 is 0. The van der Waals surface area contributed by atoms with Crippen LogP contribution in [0.4, 0.5) is 0 Å². The molecule has 0 radical (unpaired) electrons. The van der Waals surface area contributed by atoms with Gasteiger partial charge in [0.25, 0.3) is 0 Å². The highest BCUT2D eigenvalue weighted by molar-refractivity contribution is 6.04. The molecule has 0 aliphatic heterocycles. The molecule has 0 fully saturated rings. The van der Waals surface area contributed by atoms with Gasteiger partial charge in [-0.3, -0.25) is 4.98 Å². The van der Waals surface area contributed by atoms with E-state index < -0.39 is 0 Å². The van der Waals surface area contributed by atoms with Crippen LogP contribution in [0.15, 0.2) is 29.3 Å². The van der Waals surface area contributed by atoms with Crippen LogP contribution in [-0.4, -0.2) is 31.3 Å². The van der Waals surface area contributed by atoms with Gasteiger partial charge in [0, 0.05) is 17.0 Å². The highest BCUT2D eigenvalue weighted by Gasteiger charge is 2.24. The molecule has 0 atom stereocenters. The second-order valence-corrected chi connectivity index (χ2v) is 4.57. The van der Waals surface area contributed by atoms with Crippen molar-refractivity contribution in [3.05, 3.63) is 30.4 Å². The minimum atomic E-state index is 0.410. The number of terminal acetylenes is 1. The Morgan fingerprint density at radius 2 is 1.83 bits per heavy atom. The zero-order chi connectivity index (χ0) is 16.4. The number of rotatable bonds is 4. The molecule has 0 saturated carbocycles. The van der Waals surface area contributed by atoms with E-state index >= 15 is 0 Å². The lowest BCUT2D eigenvalue weighted by molar-refractivity contribution is 0.326. The Labute approximate surface area is 133 Å². The molecule has 3 rings (SSSR count). The molecule has 2 heterocycles. The predicted molar refractivity (Wildman–Crippen MR) is 84.8 cm³/mol. The van der Waals surface area contributed by atoms with Gasteiger partial charge in [-0.25, -0.2) is 4.98 Å². The summed E-state index contributed by atoms with van der Waals surface area (Å²) in [6, 6.07) is 1.80. The average Bonchev–Trinajstić information content (AvgIpc) is 3.13. The van der Waals surface area contributed by atoms with Crippen LogP contribution in [0.25, 0.3) is 22.2 Å². The fraction of sp³-hybridized carbons (Fsp3) is 0.176. The summed E-state index contributed by atoms with van der Waals surface area (Å²) in [6.45, 7) is 0. The third kappa shape index (κ3) is 2.14. The molecule has 0 aliphatic rings. The quantitative estimate of drug-likeness (QED) is 0.690. The Kier molecular flexibility index (Phi) is 3.77. The first-order chi connectivity index (χ1) is 11.3. The van der Waals surface area contributed by atoms with Crippen molar-refractivity contribution in [1.82, 2.24) is 9.97 Å². The number of nitrogens with zero attached hydrogens (tertiary/aromatic N) is 2. The molecule has 0 aliphatic carbocycles. The van der Waals surface area contributed by atoms with E-state index in [0.717, 1.165) is 5.39 Å². The van der Waals surface area contributed by atoms with E-state index in [1.54, 1.807) is 25.6 Å². The number of ether oxygens (including phenoxy) is 3. The second-order valence-electron chi connectivity index (χ2n) is 4.57. The number of oxazole rings is 1. The van der Waals surface area contributed by atoms with Gasteiger partial charge in [0.1, 0.15) is 5.69 Å². The summed E-state index contributed by atoms with van der Waals surface area (Å²) < 4.78 is 21.8. The van der Waals surface area contributed by atoms with Crippen LogP contribution in [0.5, 0.6) is 17.2 Å². The lowest BCUT2D eigenvalue weighted by Gasteiger charge is -2.18. The van der Waals surface area contributed by atoms with E-state index in [-0.39, 0.29) is 0 Å². The predicted octanol–water partition coefficient (Wildman–Crippen LogP) is 2.90. The third-order valence-electron chi connectivity index (χ3n) is 3.51. The van der Waals surface area contributed by atoms with Crippen molar-refractivity contribution in [2.75, 3.05) is 21.3 Å². The lowest BCUT2D eigenvalue weighted by Crippen LogP contribution is -2.00. The molecule has 0 bridgehead atoms. The minimum Gasteiger partial charge on any atom is -0.492 e. The van der Waals surface area contributed by atoms with E-state index in [1.807, 2.05) is 0 Å². The zero-order valence-corrected chi connectivity index (χ0v) is 12.9. The van der Waals surface area contributed by atoms with Crippen LogP contribution in [-0.2, 0) is 0 Å². The van der Waals surface area contributed by atoms with Crippen molar-refractivity contribution >= 4 is 10.8 Å². The summed E-state index contributed by atoms with van der Waals surface area (Å²) in [5, 5.41) is 1.43. The Balaban J connectivity index is 2.54. The zero-order valence-electron chi connectivity index (χ0n) is 12.9. The Morgan fingerprint density at radius 3 is 2.39 bits per heavy atom. The first-order valence-corrected chi connectivity index (χ1v) is 6.72. The summed E-state index contributed by atoms with van der Waals surface area (Å²) in [4.78, 5) is 8.32. The molecule has 0 saturated heterocycles. The Morgan fingerprint density at radius 1 is 1.09 bits per heavy atom. The SMILES string of the molecule is C#Cc1c(OC)c(OC)c(OC)c2ccnc(-c3cnco3)c12. The molecular weight excluding hydrogens is 296 g/mol. The molecule has 3 aromatic rings. The fourth-order valence-corrected chi connectivity index (χ4v) is 2.60. The normalized spacial score (nSPS) is 10.3. The molecule has 0 N–H and O–H groups in total. The molecule has 0 amide bonds. The van der Waals surface area contributed by atoms with Crippen LogP contribution in [0.3, 0.4) is 0 Å². The topological polar surface area (TPSA) is 66.6 Å². The van der Waals surface area contributed by atoms with E-state index in [2.05, 4.69) is 15.9 Å². The van der Waals surface area contributed by atoms with Gasteiger partial charge in [0.2, 0.25) is 5.75 Å². The summed E-state index contributed by atoms with van der Waals surface area (Å²) in [6.07, 6.45) is 10.3. The number of fused-ring (bicyclic) bond motifs is 1. The van der Waals surface area contributed by atoms with Gasteiger partial charge in [-0.1, -0.05) is 5.92 Å². The number of aromatic nitrogens is 2. The van der Waals surface area contributed by atoms with Gasteiger partial charge < -0.3 is 18.6 Å². The van der Waals surface area contributed by atoms with Crippen molar-refractivity contribution in [2.24, 2.45) is 0 Å². The molecule has 0 unspecified atom stereocenters. The van der Waals surface area contributed by atoms with Crippen LogP contribution in [0.1, 0.15) is 5.56 Å². The highest BCUT2D eigenvalue weighted by atomic mass is 16.5. The van der Waals surface area contributed by atoms with Crippen LogP contribution in [0, 0.1) is 12.3 Å². The maximum absolute atomic E-state index is 5.73. The summed E-state index contributed by atoms with van der Waals surface area (Å²) in [5.74, 6) is 4.52. The van der Waals surface area contributed by atoms with Crippen molar-refractivity contribution in [3.8, 4) is 41.0 Å². The minimum absolute atomic E-state index is 0.410. The third-order valence-corrected chi connectivity index (χ3v) is 3.51. The van der Waals surface area contributed by atoms with E-state index in [4.69, 9.17) is 25.1 Å². The molecule has 2 aromatic heterocycles. The number of methoxy groups -OCH3 is 3. The summed E-state index contributed by atoms with van der Waals surface area (Å²) in [7, 11) is 4.61. The molecule has 116 valence electrons. The molecule has 0 spiro atoms. The standard InChI is InChI=1S/C17H14N2O4/c1-5-10-13-11(16(21-3)17(22-4)15(10)20-2)6-7-19-14(13)12-8-18-9-23-12/h1,6-9H,2-4H3. The highest BCUT2D eigenvalue weighted by Crippen LogP contribution is 2.48. The van der Waals surface area contributed by atoms with Gasteiger partial charge in [-0.15, -0.1) is 6.42 Å². The maximum Gasteiger partial charge on any atom is 0.205 e. The number of hydrogen-bond acceptors (Lipinski definition) is 6. The smallest absolute Gasteiger partial charge is 0.205 e. The van der Waals surface area contributed by atoms with Crippen LogP contribution < -0.4 is 14.2 Å². The van der Waals surface area contributed by atoms with Crippen molar-refractivity contribution < 1.29 is 18.6 Å². The van der Waals surface area contributed by atoms with Crippen LogP contribution >= 0.6 is 0 Å². The van der Waals surface area contributed by atoms with Gasteiger partial charge in [0.05, 0.1) is 33.1 Å². The molecular formula is C17H14N2O4. The van der Waals surface area contributed by atoms with Gasteiger partial charge in [-0.05, 0) is 6.07 Å². The molecule has 23 heavy (non-hydrogen) atoms. The monoisotopic (exact) mass is 310 g/mol. The van der Waals surface area contributed by atoms with Crippen molar-refractivity contribution in [2.45, 2.75) is 0 Å². The van der Waals surface area contributed by atoms with E-state index in [1.165, 1.54) is 20.6 Å². The molecule has 6 heteroatoms. The van der Waals surface area contributed by atoms with Crippen LogP contribution in [0.2, 0.25) is 0 Å². The van der Waals surface area contributed by atoms with E-state index in [0.29, 0.717) is 39.7 Å². The fourth-order valence-electron chi connectivity index (χ4n) is 2.60.